The minimum absolute atomic E-state index is 0.299. The van der Waals surface area contributed by atoms with Crippen LogP contribution in [0.15, 0.2) is 12.2 Å². The van der Waals surface area contributed by atoms with Crippen molar-refractivity contribution < 1.29 is 4.79 Å². The van der Waals surface area contributed by atoms with Crippen LogP contribution in [0, 0.1) is 17.8 Å². The van der Waals surface area contributed by atoms with Crippen molar-refractivity contribution in [2.24, 2.45) is 17.8 Å². The lowest BCUT2D eigenvalue weighted by Crippen LogP contribution is -2.46. The molecule has 124 valence electrons. The van der Waals surface area contributed by atoms with Gasteiger partial charge in [-0.2, -0.15) is 0 Å². The Hall–Kier alpha value is -0.830. The number of carbonyl (C=O) groups excluding carboxylic acids is 1. The summed E-state index contributed by atoms with van der Waals surface area (Å²) in [5.74, 6) is 2.29. The molecular weight excluding hydrogens is 272 g/mol. The Balaban J connectivity index is 1.42. The summed E-state index contributed by atoms with van der Waals surface area (Å²) >= 11 is 0. The van der Waals surface area contributed by atoms with Crippen molar-refractivity contribution in [3.8, 4) is 0 Å². The van der Waals surface area contributed by atoms with Crippen molar-refractivity contribution in [3.05, 3.63) is 12.2 Å². The molecule has 0 aromatic heterocycles. The van der Waals surface area contributed by atoms with Gasteiger partial charge in [-0.3, -0.25) is 4.79 Å². The van der Waals surface area contributed by atoms with Crippen LogP contribution in [-0.2, 0) is 4.79 Å². The highest BCUT2D eigenvalue weighted by Crippen LogP contribution is 2.26. The van der Waals surface area contributed by atoms with Crippen LogP contribution in [0.3, 0.4) is 0 Å². The van der Waals surface area contributed by atoms with E-state index in [1.165, 1.54) is 38.6 Å². The largest absolute Gasteiger partial charge is 0.342 e. The van der Waals surface area contributed by atoms with Gasteiger partial charge in [0.05, 0.1) is 0 Å². The van der Waals surface area contributed by atoms with Crippen LogP contribution in [0.2, 0.25) is 0 Å². The number of carbonyl (C=O) groups is 1. The quantitative estimate of drug-likeness (QED) is 0.747. The Bertz CT molecular complexity index is 398. The first-order valence-corrected chi connectivity index (χ1v) is 9.38. The van der Waals surface area contributed by atoms with Gasteiger partial charge in [0.1, 0.15) is 0 Å². The fourth-order valence-electron chi connectivity index (χ4n) is 4.40. The third-order valence-electron chi connectivity index (χ3n) is 5.80. The molecule has 2 aliphatic heterocycles. The molecule has 2 heterocycles. The summed E-state index contributed by atoms with van der Waals surface area (Å²) < 4.78 is 0. The molecule has 2 fully saturated rings. The van der Waals surface area contributed by atoms with Gasteiger partial charge < -0.3 is 9.80 Å². The van der Waals surface area contributed by atoms with E-state index >= 15 is 0 Å². The number of amides is 1. The summed E-state index contributed by atoms with van der Waals surface area (Å²) in [5.41, 5.74) is 0. The van der Waals surface area contributed by atoms with Crippen LogP contribution in [0.5, 0.6) is 0 Å². The van der Waals surface area contributed by atoms with Gasteiger partial charge in [0.25, 0.3) is 0 Å². The molecule has 22 heavy (non-hydrogen) atoms. The maximum Gasteiger partial charge on any atom is 0.225 e. The molecule has 1 amide bonds. The molecule has 0 unspecified atom stereocenters. The maximum absolute atomic E-state index is 12.7. The van der Waals surface area contributed by atoms with Crippen LogP contribution >= 0.6 is 0 Å². The predicted molar refractivity (Wildman–Crippen MR) is 90.6 cm³/mol. The Morgan fingerprint density at radius 2 is 1.91 bits per heavy atom. The molecule has 0 spiro atoms. The number of nitrogens with zero attached hydrogens (tertiary/aromatic N) is 2. The molecule has 3 heteroatoms. The SMILES string of the molecule is C[C@@H]1CCCN(C(=O)C2CCN(C[C@@H]3CC=CCC3)CC2)C1. The number of likely N-dealkylation sites (tertiary alicyclic amines) is 2. The summed E-state index contributed by atoms with van der Waals surface area (Å²) in [6.07, 6.45) is 13.2. The molecule has 2 saturated heterocycles. The Morgan fingerprint density at radius 3 is 2.59 bits per heavy atom. The first-order chi connectivity index (χ1) is 10.7. The van der Waals surface area contributed by atoms with E-state index in [0.29, 0.717) is 17.7 Å². The van der Waals surface area contributed by atoms with Gasteiger partial charge in [-0.1, -0.05) is 19.1 Å². The zero-order chi connectivity index (χ0) is 15.4. The lowest BCUT2D eigenvalue weighted by molar-refractivity contribution is -0.138. The number of hydrogen-bond donors (Lipinski definition) is 0. The predicted octanol–water partition coefficient (Wildman–Crippen LogP) is 3.31. The fraction of sp³-hybridized carbons (Fsp3) is 0.842. The fourth-order valence-corrected chi connectivity index (χ4v) is 4.40. The summed E-state index contributed by atoms with van der Waals surface area (Å²) in [6, 6.07) is 0. The van der Waals surface area contributed by atoms with Crippen molar-refractivity contribution >= 4 is 5.91 Å². The van der Waals surface area contributed by atoms with Crippen LogP contribution < -0.4 is 0 Å². The highest BCUT2D eigenvalue weighted by Gasteiger charge is 2.30. The summed E-state index contributed by atoms with van der Waals surface area (Å²) in [6.45, 7) is 7.76. The standard InChI is InChI=1S/C19H32N2O/c1-16-6-5-11-21(14-16)19(22)18-9-12-20(13-10-18)15-17-7-3-2-4-8-17/h2-3,16-18H,4-15H2,1H3/t16-,17-/m1/s1. The van der Waals surface area contributed by atoms with Gasteiger partial charge in [0.2, 0.25) is 5.91 Å². The molecule has 0 N–H and O–H groups in total. The molecule has 0 aromatic carbocycles. The average molecular weight is 304 g/mol. The minimum Gasteiger partial charge on any atom is -0.342 e. The topological polar surface area (TPSA) is 23.6 Å². The molecule has 0 bridgehead atoms. The molecule has 0 radical (unpaired) electrons. The van der Waals surface area contributed by atoms with E-state index in [1.54, 1.807) is 0 Å². The Kier molecular flexibility index (Phi) is 5.56. The maximum atomic E-state index is 12.7. The smallest absolute Gasteiger partial charge is 0.225 e. The van der Waals surface area contributed by atoms with E-state index in [9.17, 15) is 4.79 Å². The highest BCUT2D eigenvalue weighted by atomic mass is 16.2. The zero-order valence-electron chi connectivity index (χ0n) is 14.2. The van der Waals surface area contributed by atoms with Gasteiger partial charge in [0.15, 0.2) is 0 Å². The van der Waals surface area contributed by atoms with E-state index < -0.39 is 0 Å². The van der Waals surface area contributed by atoms with Crippen LogP contribution in [-0.4, -0.2) is 48.4 Å². The monoisotopic (exact) mass is 304 g/mol. The van der Waals surface area contributed by atoms with Crippen LogP contribution in [0.1, 0.15) is 51.9 Å². The van der Waals surface area contributed by atoms with Crippen molar-refractivity contribution in [1.29, 1.82) is 0 Å². The van der Waals surface area contributed by atoms with E-state index in [2.05, 4.69) is 28.9 Å². The summed E-state index contributed by atoms with van der Waals surface area (Å²) in [5, 5.41) is 0. The number of piperidine rings is 2. The van der Waals surface area contributed by atoms with Crippen molar-refractivity contribution in [2.45, 2.75) is 51.9 Å². The van der Waals surface area contributed by atoms with E-state index in [-0.39, 0.29) is 0 Å². The van der Waals surface area contributed by atoms with Crippen molar-refractivity contribution in [2.75, 3.05) is 32.7 Å². The molecule has 0 aromatic rings. The molecule has 1 aliphatic carbocycles. The normalized spacial score (nSPS) is 31.4. The van der Waals surface area contributed by atoms with Crippen molar-refractivity contribution in [3.63, 3.8) is 0 Å². The van der Waals surface area contributed by atoms with Crippen LogP contribution in [0.4, 0.5) is 0 Å². The number of hydrogen-bond acceptors (Lipinski definition) is 2. The highest BCUT2D eigenvalue weighted by molar-refractivity contribution is 5.79. The number of allylic oxidation sites excluding steroid dienone is 2. The number of rotatable bonds is 3. The third kappa shape index (κ3) is 4.13. The molecule has 2 atom stereocenters. The van der Waals surface area contributed by atoms with Gasteiger partial charge in [-0.05, 0) is 69.9 Å². The van der Waals surface area contributed by atoms with Gasteiger partial charge in [-0.25, -0.2) is 0 Å². The van der Waals surface area contributed by atoms with Gasteiger partial charge in [0, 0.05) is 25.6 Å². The lowest BCUT2D eigenvalue weighted by Gasteiger charge is -2.38. The molecule has 3 nitrogen and oxygen atoms in total. The lowest BCUT2D eigenvalue weighted by atomic mass is 9.90. The second-order valence-electron chi connectivity index (χ2n) is 7.76. The minimum atomic E-state index is 0.299. The Labute approximate surface area is 135 Å². The van der Waals surface area contributed by atoms with Gasteiger partial charge >= 0.3 is 0 Å². The first kappa shape index (κ1) is 16.0. The molecule has 3 rings (SSSR count). The van der Waals surface area contributed by atoms with Crippen LogP contribution in [0.25, 0.3) is 0 Å². The second-order valence-corrected chi connectivity index (χ2v) is 7.76. The van der Waals surface area contributed by atoms with E-state index in [4.69, 9.17) is 0 Å². The third-order valence-corrected chi connectivity index (χ3v) is 5.80. The Morgan fingerprint density at radius 1 is 1.09 bits per heavy atom. The first-order valence-electron chi connectivity index (χ1n) is 9.38. The molecule has 3 aliphatic rings. The average Bonchev–Trinajstić information content (AvgIpc) is 2.56. The second kappa shape index (κ2) is 7.63. The molecule has 0 saturated carbocycles. The van der Waals surface area contributed by atoms with E-state index in [1.807, 2.05) is 0 Å². The van der Waals surface area contributed by atoms with Crippen molar-refractivity contribution in [1.82, 2.24) is 9.80 Å². The van der Waals surface area contributed by atoms with Gasteiger partial charge in [-0.15, -0.1) is 0 Å². The summed E-state index contributed by atoms with van der Waals surface area (Å²) in [4.78, 5) is 17.5. The summed E-state index contributed by atoms with van der Waals surface area (Å²) in [7, 11) is 0. The zero-order valence-corrected chi connectivity index (χ0v) is 14.2. The molecular formula is C19H32N2O. The van der Waals surface area contributed by atoms with E-state index in [0.717, 1.165) is 44.9 Å².